The van der Waals surface area contributed by atoms with Gasteiger partial charge in [0.15, 0.2) is 5.69 Å². The van der Waals surface area contributed by atoms with Crippen LogP contribution in [-0.4, -0.2) is 25.7 Å². The third-order valence-corrected chi connectivity index (χ3v) is 3.38. The molecule has 1 amide bonds. The van der Waals surface area contributed by atoms with E-state index in [1.165, 1.54) is 6.20 Å². The van der Waals surface area contributed by atoms with Crippen molar-refractivity contribution in [1.29, 1.82) is 0 Å². The molecule has 1 aromatic carbocycles. The number of rotatable bonds is 5. The highest BCUT2D eigenvalue weighted by Crippen LogP contribution is 2.25. The lowest BCUT2D eigenvalue weighted by Crippen LogP contribution is -2.30. The molecule has 0 unspecified atom stereocenters. The number of carboxylic acids is 1. The van der Waals surface area contributed by atoms with Gasteiger partial charge in [0.25, 0.3) is 5.91 Å². The maximum Gasteiger partial charge on any atom is 0.305 e. The van der Waals surface area contributed by atoms with E-state index >= 15 is 0 Å². The number of amides is 1. The Labute approximate surface area is 123 Å². The number of carboxylic acid groups (broad SMARTS) is 1. The van der Waals surface area contributed by atoms with Gasteiger partial charge in [-0.1, -0.05) is 29.8 Å². The second kappa shape index (κ2) is 6.44. The van der Waals surface area contributed by atoms with Gasteiger partial charge in [-0.15, -0.1) is 0 Å². The number of benzene rings is 1. The zero-order valence-corrected chi connectivity index (χ0v) is 11.7. The van der Waals surface area contributed by atoms with Crippen LogP contribution in [0, 0.1) is 0 Å². The number of aromatic nitrogens is 2. The van der Waals surface area contributed by atoms with E-state index in [2.05, 4.69) is 14.1 Å². The third-order valence-electron chi connectivity index (χ3n) is 2.56. The molecular formula is C12H10ClN3O3S. The van der Waals surface area contributed by atoms with Gasteiger partial charge < -0.3 is 10.4 Å². The van der Waals surface area contributed by atoms with E-state index in [4.69, 9.17) is 16.7 Å². The second-order valence-corrected chi connectivity index (χ2v) is 4.90. The minimum atomic E-state index is -1.04. The van der Waals surface area contributed by atoms with Crippen molar-refractivity contribution in [3.63, 3.8) is 0 Å². The highest BCUT2D eigenvalue weighted by molar-refractivity contribution is 6.99. The van der Waals surface area contributed by atoms with Gasteiger partial charge in [-0.05, 0) is 11.6 Å². The number of nitrogens with zero attached hydrogens (tertiary/aromatic N) is 2. The largest absolute Gasteiger partial charge is 0.481 e. The number of carbonyl (C=O) groups is 2. The Kier molecular flexibility index (Phi) is 4.65. The summed E-state index contributed by atoms with van der Waals surface area (Å²) >= 11 is 6.95. The van der Waals surface area contributed by atoms with Gasteiger partial charge in [-0.25, -0.2) is 0 Å². The second-order valence-electron chi connectivity index (χ2n) is 3.94. The van der Waals surface area contributed by atoms with Crippen LogP contribution in [0.3, 0.4) is 0 Å². The van der Waals surface area contributed by atoms with Crippen molar-refractivity contribution in [2.24, 2.45) is 0 Å². The summed E-state index contributed by atoms with van der Waals surface area (Å²) in [4.78, 5) is 22.9. The van der Waals surface area contributed by atoms with Crippen LogP contribution >= 0.6 is 23.3 Å². The quantitative estimate of drug-likeness (QED) is 0.882. The van der Waals surface area contributed by atoms with E-state index in [1.54, 1.807) is 24.3 Å². The molecule has 1 atom stereocenters. The summed E-state index contributed by atoms with van der Waals surface area (Å²) in [6.07, 6.45) is 1.05. The zero-order valence-electron chi connectivity index (χ0n) is 10.1. The summed E-state index contributed by atoms with van der Waals surface area (Å²) in [5.41, 5.74) is 0.700. The molecule has 0 fully saturated rings. The van der Waals surface area contributed by atoms with E-state index < -0.39 is 17.9 Å². The van der Waals surface area contributed by atoms with Gasteiger partial charge in [0.1, 0.15) is 0 Å². The number of halogens is 1. The van der Waals surface area contributed by atoms with Gasteiger partial charge in [0, 0.05) is 5.02 Å². The normalized spacial score (nSPS) is 11.8. The van der Waals surface area contributed by atoms with Gasteiger partial charge in [-0.2, -0.15) is 8.75 Å². The first kappa shape index (κ1) is 14.4. The van der Waals surface area contributed by atoms with Gasteiger partial charge >= 0.3 is 5.97 Å². The van der Waals surface area contributed by atoms with Crippen molar-refractivity contribution in [3.8, 4) is 0 Å². The fraction of sp³-hybridized carbons (Fsp3) is 0.167. The molecule has 0 aliphatic heterocycles. The van der Waals surface area contributed by atoms with Gasteiger partial charge in [0.05, 0.1) is 30.4 Å². The third kappa shape index (κ3) is 3.52. The molecular weight excluding hydrogens is 302 g/mol. The molecule has 20 heavy (non-hydrogen) atoms. The molecule has 1 heterocycles. The number of nitrogens with one attached hydrogen (secondary N) is 1. The highest BCUT2D eigenvalue weighted by Gasteiger charge is 2.21. The molecule has 0 radical (unpaired) electrons. The molecule has 0 spiro atoms. The predicted octanol–water partition coefficient (Wildman–Crippen LogP) is 2.14. The van der Waals surface area contributed by atoms with Crippen LogP contribution in [0.15, 0.2) is 30.5 Å². The number of hydrogen-bond donors (Lipinski definition) is 2. The van der Waals surface area contributed by atoms with Crippen LogP contribution < -0.4 is 5.32 Å². The molecule has 0 saturated heterocycles. The first-order valence-corrected chi connectivity index (χ1v) is 6.73. The van der Waals surface area contributed by atoms with Crippen molar-refractivity contribution in [2.75, 3.05) is 0 Å². The SMILES string of the molecule is O=C(O)C[C@H](NC(=O)c1cnsn1)c1ccccc1Cl. The number of aliphatic carboxylic acids is 1. The number of hydrogen-bond acceptors (Lipinski definition) is 5. The van der Waals surface area contributed by atoms with Crippen molar-refractivity contribution in [1.82, 2.24) is 14.1 Å². The maximum atomic E-state index is 11.9. The molecule has 0 bridgehead atoms. The van der Waals surface area contributed by atoms with E-state index in [0.717, 1.165) is 11.7 Å². The van der Waals surface area contributed by atoms with E-state index in [-0.39, 0.29) is 12.1 Å². The average molecular weight is 312 g/mol. The molecule has 0 saturated carbocycles. The van der Waals surface area contributed by atoms with Gasteiger partial charge in [-0.3, -0.25) is 9.59 Å². The standard InChI is InChI=1S/C12H10ClN3O3S/c13-8-4-2-1-3-7(8)9(5-11(17)18)15-12(19)10-6-14-20-16-10/h1-4,6,9H,5H2,(H,15,19)(H,17,18)/t9-/m0/s1. The van der Waals surface area contributed by atoms with E-state index in [0.29, 0.717) is 10.6 Å². The lowest BCUT2D eigenvalue weighted by atomic mass is 10.0. The monoisotopic (exact) mass is 311 g/mol. The average Bonchev–Trinajstić information content (AvgIpc) is 2.92. The summed E-state index contributed by atoms with van der Waals surface area (Å²) < 4.78 is 7.53. The molecule has 2 rings (SSSR count). The number of carbonyl (C=O) groups excluding carboxylic acids is 1. The fourth-order valence-electron chi connectivity index (χ4n) is 1.67. The summed E-state index contributed by atoms with van der Waals surface area (Å²) in [6.45, 7) is 0. The minimum Gasteiger partial charge on any atom is -0.481 e. The Balaban J connectivity index is 2.22. The van der Waals surface area contributed by atoms with E-state index in [9.17, 15) is 9.59 Å². The van der Waals surface area contributed by atoms with E-state index in [1.807, 2.05) is 0 Å². The maximum absolute atomic E-state index is 11.9. The molecule has 0 aliphatic rings. The Bertz CT molecular complexity index is 618. The Morgan fingerprint density at radius 2 is 2.15 bits per heavy atom. The van der Waals surface area contributed by atoms with Gasteiger partial charge in [0.2, 0.25) is 0 Å². The highest BCUT2D eigenvalue weighted by atomic mass is 35.5. The van der Waals surface area contributed by atoms with Crippen LogP contribution in [0.1, 0.15) is 28.5 Å². The summed E-state index contributed by atoms with van der Waals surface area (Å²) in [7, 11) is 0. The van der Waals surface area contributed by atoms with Crippen LogP contribution in [0.5, 0.6) is 0 Å². The molecule has 8 heteroatoms. The summed E-state index contributed by atoms with van der Waals surface area (Å²) in [5.74, 6) is -1.52. The molecule has 1 aromatic heterocycles. The minimum absolute atomic E-state index is 0.150. The first-order chi connectivity index (χ1) is 9.58. The lowest BCUT2D eigenvalue weighted by Gasteiger charge is -2.17. The predicted molar refractivity (Wildman–Crippen MR) is 73.8 cm³/mol. The van der Waals surface area contributed by atoms with Crippen LogP contribution in [0.25, 0.3) is 0 Å². The Hall–Kier alpha value is -1.99. The lowest BCUT2D eigenvalue weighted by molar-refractivity contribution is -0.137. The Morgan fingerprint density at radius 1 is 1.40 bits per heavy atom. The smallest absolute Gasteiger partial charge is 0.305 e. The molecule has 2 N–H and O–H groups in total. The van der Waals surface area contributed by atoms with Crippen molar-refractivity contribution in [2.45, 2.75) is 12.5 Å². The molecule has 6 nitrogen and oxygen atoms in total. The van der Waals surface area contributed by atoms with Crippen molar-refractivity contribution >= 4 is 35.2 Å². The fourth-order valence-corrected chi connectivity index (χ4v) is 2.35. The Morgan fingerprint density at radius 3 is 2.75 bits per heavy atom. The topological polar surface area (TPSA) is 92.2 Å². The summed E-state index contributed by atoms with van der Waals surface area (Å²) in [6, 6.07) is 6.05. The zero-order chi connectivity index (χ0) is 14.5. The van der Waals surface area contributed by atoms with Crippen molar-refractivity contribution in [3.05, 3.63) is 46.7 Å². The molecule has 0 aliphatic carbocycles. The van der Waals surface area contributed by atoms with Crippen LogP contribution in [0.2, 0.25) is 5.02 Å². The summed E-state index contributed by atoms with van der Waals surface area (Å²) in [5, 5.41) is 12.0. The van der Waals surface area contributed by atoms with Crippen LogP contribution in [-0.2, 0) is 4.79 Å². The molecule has 104 valence electrons. The van der Waals surface area contributed by atoms with Crippen LogP contribution in [0.4, 0.5) is 0 Å². The van der Waals surface area contributed by atoms with Crippen molar-refractivity contribution < 1.29 is 14.7 Å². The first-order valence-electron chi connectivity index (χ1n) is 5.62. The molecule has 2 aromatic rings.